The number of ether oxygens (including phenoxy) is 1. The average Bonchev–Trinajstić information content (AvgIpc) is 3.03. The zero-order valence-corrected chi connectivity index (χ0v) is 14.8. The molecule has 8 heteroatoms. The van der Waals surface area contributed by atoms with Gasteiger partial charge in [0.25, 0.3) is 0 Å². The topological polar surface area (TPSA) is 88.5 Å². The van der Waals surface area contributed by atoms with Gasteiger partial charge in [0.15, 0.2) is 5.17 Å². The number of thioether (sulfide) groups is 1. The molecule has 25 heavy (non-hydrogen) atoms. The lowest BCUT2D eigenvalue weighted by molar-refractivity contribution is -0.125. The number of amidine groups is 1. The fourth-order valence-electron chi connectivity index (χ4n) is 2.27. The van der Waals surface area contributed by atoms with E-state index < -0.39 is 5.54 Å². The van der Waals surface area contributed by atoms with Crippen molar-refractivity contribution in [1.29, 1.82) is 0 Å². The van der Waals surface area contributed by atoms with Gasteiger partial charge >= 0.3 is 0 Å². The van der Waals surface area contributed by atoms with Crippen LogP contribution in [0.1, 0.15) is 12.5 Å². The van der Waals surface area contributed by atoms with Crippen molar-refractivity contribution in [3.05, 3.63) is 48.4 Å². The molecule has 0 fully saturated rings. The van der Waals surface area contributed by atoms with Gasteiger partial charge in [-0.3, -0.25) is 4.79 Å². The van der Waals surface area contributed by atoms with Crippen LogP contribution in [0.2, 0.25) is 0 Å². The molecule has 2 heterocycles. The minimum Gasteiger partial charge on any atom is -0.497 e. The number of aliphatic imine (C=N–C) groups is 1. The summed E-state index contributed by atoms with van der Waals surface area (Å²) in [6.45, 7) is 2.28. The van der Waals surface area contributed by atoms with Gasteiger partial charge in [0, 0.05) is 18.5 Å². The molecule has 0 radical (unpaired) electrons. The van der Waals surface area contributed by atoms with E-state index >= 15 is 0 Å². The molecule has 1 aromatic heterocycles. The van der Waals surface area contributed by atoms with Crippen molar-refractivity contribution in [3.8, 4) is 5.75 Å². The third-order valence-electron chi connectivity index (χ3n) is 3.76. The van der Waals surface area contributed by atoms with Crippen molar-refractivity contribution in [2.45, 2.75) is 19.0 Å². The van der Waals surface area contributed by atoms with Crippen LogP contribution in [-0.4, -0.2) is 39.4 Å². The molecule has 2 N–H and O–H groups in total. The van der Waals surface area contributed by atoms with Crippen LogP contribution in [0.4, 0.5) is 5.82 Å². The molecule has 0 aliphatic carbocycles. The molecule has 1 aliphatic heterocycles. The predicted octanol–water partition coefficient (Wildman–Crippen LogP) is 2.07. The van der Waals surface area contributed by atoms with E-state index in [1.54, 1.807) is 19.4 Å². The molecule has 0 spiro atoms. The van der Waals surface area contributed by atoms with Gasteiger partial charge in [0.05, 0.1) is 7.11 Å². The first-order valence-corrected chi connectivity index (χ1v) is 8.74. The first-order chi connectivity index (χ1) is 12.1. The molecule has 2 aromatic rings. The maximum Gasteiger partial charge on any atom is 0.248 e. The van der Waals surface area contributed by atoms with E-state index in [2.05, 4.69) is 25.6 Å². The third kappa shape index (κ3) is 4.27. The van der Waals surface area contributed by atoms with Crippen LogP contribution >= 0.6 is 11.8 Å². The van der Waals surface area contributed by atoms with E-state index in [1.807, 2.05) is 31.2 Å². The summed E-state index contributed by atoms with van der Waals surface area (Å²) >= 11 is 1.50. The number of rotatable bonds is 5. The van der Waals surface area contributed by atoms with Gasteiger partial charge in [-0.2, -0.15) is 0 Å². The molecule has 0 saturated heterocycles. The second-order valence-corrected chi connectivity index (χ2v) is 6.69. The monoisotopic (exact) mass is 357 g/mol. The Balaban J connectivity index is 1.59. The number of carbonyl (C=O) groups excluding carboxylic acids is 1. The zero-order chi connectivity index (χ0) is 17.7. The van der Waals surface area contributed by atoms with Crippen LogP contribution in [0.15, 0.2) is 47.8 Å². The van der Waals surface area contributed by atoms with Crippen LogP contribution in [0.5, 0.6) is 5.75 Å². The lowest BCUT2D eigenvalue weighted by Crippen LogP contribution is -2.43. The zero-order valence-electron chi connectivity index (χ0n) is 14.0. The van der Waals surface area contributed by atoms with Gasteiger partial charge in [-0.25, -0.2) is 15.0 Å². The Morgan fingerprint density at radius 2 is 2.12 bits per heavy atom. The Morgan fingerprint density at radius 3 is 2.80 bits per heavy atom. The Morgan fingerprint density at radius 1 is 1.32 bits per heavy atom. The van der Waals surface area contributed by atoms with Crippen molar-refractivity contribution in [1.82, 2.24) is 15.3 Å². The molecule has 1 atom stereocenters. The highest BCUT2D eigenvalue weighted by Gasteiger charge is 2.38. The van der Waals surface area contributed by atoms with Crippen LogP contribution < -0.4 is 15.4 Å². The SMILES string of the molecule is COc1ccc(CNC(=O)C2(C)CSC(Nc3ccncn3)=N2)cc1. The minimum atomic E-state index is -0.799. The smallest absolute Gasteiger partial charge is 0.248 e. The number of amides is 1. The lowest BCUT2D eigenvalue weighted by Gasteiger charge is -2.18. The number of nitrogens with one attached hydrogen (secondary N) is 2. The number of carbonyl (C=O) groups is 1. The van der Waals surface area contributed by atoms with E-state index in [9.17, 15) is 4.79 Å². The van der Waals surface area contributed by atoms with E-state index in [0.29, 0.717) is 23.3 Å². The molecule has 3 rings (SSSR count). The summed E-state index contributed by atoms with van der Waals surface area (Å²) in [6, 6.07) is 9.35. The number of anilines is 1. The van der Waals surface area contributed by atoms with Crippen molar-refractivity contribution in [3.63, 3.8) is 0 Å². The molecule has 130 valence electrons. The molecular weight excluding hydrogens is 338 g/mol. The summed E-state index contributed by atoms with van der Waals surface area (Å²) in [7, 11) is 1.63. The van der Waals surface area contributed by atoms with E-state index in [4.69, 9.17) is 4.74 Å². The normalized spacial score (nSPS) is 19.2. The fourth-order valence-corrected chi connectivity index (χ4v) is 3.32. The molecule has 1 unspecified atom stereocenters. The fraction of sp³-hybridized carbons (Fsp3) is 0.294. The summed E-state index contributed by atoms with van der Waals surface area (Å²) in [6.07, 6.45) is 3.11. The van der Waals surface area contributed by atoms with Crippen molar-refractivity contribution in [2.75, 3.05) is 18.2 Å². The predicted molar refractivity (Wildman–Crippen MR) is 98.8 cm³/mol. The minimum absolute atomic E-state index is 0.102. The van der Waals surface area contributed by atoms with Crippen LogP contribution in [0, 0.1) is 0 Å². The van der Waals surface area contributed by atoms with Crippen LogP contribution in [-0.2, 0) is 11.3 Å². The molecular formula is C17H19N5O2S. The number of nitrogens with zero attached hydrogens (tertiary/aromatic N) is 3. The molecule has 7 nitrogen and oxygen atoms in total. The Labute approximate surface area is 150 Å². The second kappa shape index (κ2) is 7.52. The number of hydrogen-bond acceptors (Lipinski definition) is 7. The number of hydrogen-bond donors (Lipinski definition) is 2. The largest absolute Gasteiger partial charge is 0.497 e. The highest BCUT2D eigenvalue weighted by Crippen LogP contribution is 2.28. The van der Waals surface area contributed by atoms with Crippen molar-refractivity contribution < 1.29 is 9.53 Å². The number of benzene rings is 1. The van der Waals surface area contributed by atoms with Gasteiger partial charge < -0.3 is 15.4 Å². The summed E-state index contributed by atoms with van der Waals surface area (Å²) in [5.41, 5.74) is 0.207. The molecule has 1 amide bonds. The van der Waals surface area contributed by atoms with E-state index in [0.717, 1.165) is 11.3 Å². The standard InChI is InChI=1S/C17H19N5O2S/c1-17(10-25-16(22-17)21-14-7-8-18-11-20-14)15(23)19-9-12-3-5-13(24-2)6-4-12/h3-8,11H,9-10H2,1-2H3,(H,19,23)(H,18,20,21,22). The molecule has 1 aliphatic rings. The molecule has 1 aromatic carbocycles. The summed E-state index contributed by atoms with van der Waals surface area (Å²) in [5.74, 6) is 1.92. The third-order valence-corrected chi connectivity index (χ3v) is 4.93. The summed E-state index contributed by atoms with van der Waals surface area (Å²) in [4.78, 5) is 25.1. The maximum absolute atomic E-state index is 12.6. The Hall–Kier alpha value is -2.61. The molecule has 0 saturated carbocycles. The average molecular weight is 357 g/mol. The second-order valence-electron chi connectivity index (χ2n) is 5.73. The number of methoxy groups -OCH3 is 1. The van der Waals surface area contributed by atoms with Gasteiger partial charge in [0.1, 0.15) is 23.4 Å². The molecule has 0 bridgehead atoms. The van der Waals surface area contributed by atoms with Crippen LogP contribution in [0.25, 0.3) is 0 Å². The van der Waals surface area contributed by atoms with E-state index in [1.165, 1.54) is 18.1 Å². The highest BCUT2D eigenvalue weighted by atomic mass is 32.2. The highest BCUT2D eigenvalue weighted by molar-refractivity contribution is 8.14. The van der Waals surface area contributed by atoms with Crippen LogP contribution in [0.3, 0.4) is 0 Å². The maximum atomic E-state index is 12.6. The Kier molecular flexibility index (Phi) is 5.18. The van der Waals surface area contributed by atoms with E-state index in [-0.39, 0.29) is 5.91 Å². The first kappa shape index (κ1) is 17.2. The number of aromatic nitrogens is 2. The summed E-state index contributed by atoms with van der Waals surface area (Å²) in [5, 5.41) is 6.74. The van der Waals surface area contributed by atoms with Gasteiger partial charge in [-0.15, -0.1) is 0 Å². The summed E-state index contributed by atoms with van der Waals surface area (Å²) < 4.78 is 5.13. The Bertz CT molecular complexity index is 766. The van der Waals surface area contributed by atoms with Crippen molar-refractivity contribution >= 4 is 28.7 Å². The quantitative estimate of drug-likeness (QED) is 0.852. The van der Waals surface area contributed by atoms with Gasteiger partial charge in [-0.1, -0.05) is 23.9 Å². The van der Waals surface area contributed by atoms with Gasteiger partial charge in [0.2, 0.25) is 5.91 Å². The van der Waals surface area contributed by atoms with Crippen molar-refractivity contribution in [2.24, 2.45) is 4.99 Å². The first-order valence-electron chi connectivity index (χ1n) is 7.76. The lowest BCUT2D eigenvalue weighted by atomic mass is 10.1. The van der Waals surface area contributed by atoms with Gasteiger partial charge in [-0.05, 0) is 30.7 Å².